The maximum atomic E-state index is 12.0. The van der Waals surface area contributed by atoms with Gasteiger partial charge in [-0.2, -0.15) is 5.10 Å². The fourth-order valence-electron chi connectivity index (χ4n) is 2.59. The molecule has 1 aromatic carbocycles. The number of amides is 2. The van der Waals surface area contributed by atoms with E-state index in [-0.39, 0.29) is 17.7 Å². The molecule has 1 aliphatic rings. The Bertz CT molecular complexity index is 629. The molecule has 0 spiro atoms. The first-order chi connectivity index (χ1) is 10.1. The summed E-state index contributed by atoms with van der Waals surface area (Å²) in [7, 11) is 0. The van der Waals surface area contributed by atoms with E-state index in [1.165, 1.54) is 4.90 Å². The maximum Gasteiger partial charge on any atom is 0.229 e. The van der Waals surface area contributed by atoms with E-state index < -0.39 is 0 Å². The maximum absolute atomic E-state index is 12.0. The van der Waals surface area contributed by atoms with Gasteiger partial charge in [-0.15, -0.1) is 0 Å². The summed E-state index contributed by atoms with van der Waals surface area (Å²) < 4.78 is 0. The molecule has 0 bridgehead atoms. The van der Waals surface area contributed by atoms with Gasteiger partial charge >= 0.3 is 0 Å². The van der Waals surface area contributed by atoms with Crippen LogP contribution < -0.4 is 0 Å². The second kappa shape index (κ2) is 5.52. The van der Waals surface area contributed by atoms with Crippen LogP contribution in [0.15, 0.2) is 36.5 Å². The summed E-state index contributed by atoms with van der Waals surface area (Å²) in [5.74, 6) is 0.0109. The van der Waals surface area contributed by atoms with Crippen LogP contribution in [0, 0.1) is 5.92 Å². The smallest absolute Gasteiger partial charge is 0.229 e. The van der Waals surface area contributed by atoms with Crippen molar-refractivity contribution in [3.8, 4) is 11.3 Å². The number of benzene rings is 1. The number of hydrogen-bond acceptors (Lipinski definition) is 3. The molecule has 0 unspecified atom stereocenters. The summed E-state index contributed by atoms with van der Waals surface area (Å²) in [6, 6.07) is 9.70. The Labute approximate surface area is 123 Å². The minimum Gasteiger partial charge on any atom is -0.278 e. The zero-order chi connectivity index (χ0) is 14.8. The van der Waals surface area contributed by atoms with Crippen molar-refractivity contribution in [2.75, 3.05) is 0 Å². The van der Waals surface area contributed by atoms with Gasteiger partial charge in [0.15, 0.2) is 0 Å². The fraction of sp³-hybridized carbons (Fsp3) is 0.312. The number of likely N-dealkylation sites (tertiary alicyclic amines) is 1. The van der Waals surface area contributed by atoms with E-state index in [0.29, 0.717) is 19.4 Å². The lowest BCUT2D eigenvalue weighted by molar-refractivity contribution is -0.150. The van der Waals surface area contributed by atoms with Gasteiger partial charge in [0.25, 0.3) is 0 Å². The van der Waals surface area contributed by atoms with Crippen molar-refractivity contribution in [1.82, 2.24) is 15.1 Å². The number of aromatic nitrogens is 2. The van der Waals surface area contributed by atoms with E-state index in [9.17, 15) is 9.59 Å². The predicted molar refractivity (Wildman–Crippen MR) is 78.0 cm³/mol. The van der Waals surface area contributed by atoms with Crippen LogP contribution in [0.25, 0.3) is 11.3 Å². The van der Waals surface area contributed by atoms with Crippen molar-refractivity contribution in [3.05, 3.63) is 42.1 Å². The Balaban J connectivity index is 1.73. The van der Waals surface area contributed by atoms with Gasteiger partial charge in [0.05, 0.1) is 12.2 Å². The number of carbonyl (C=O) groups excluding carboxylic acids is 2. The number of carbonyl (C=O) groups is 2. The molecule has 0 radical (unpaired) electrons. The van der Waals surface area contributed by atoms with Gasteiger partial charge in [0.2, 0.25) is 11.8 Å². The van der Waals surface area contributed by atoms with Gasteiger partial charge in [0.1, 0.15) is 0 Å². The average molecular weight is 283 g/mol. The number of nitrogens with one attached hydrogen (secondary N) is 1. The van der Waals surface area contributed by atoms with Crippen LogP contribution in [-0.4, -0.2) is 26.9 Å². The lowest BCUT2D eigenvalue weighted by Crippen LogP contribution is -2.42. The van der Waals surface area contributed by atoms with Gasteiger partial charge in [-0.1, -0.05) is 31.2 Å². The number of rotatable bonds is 3. The van der Waals surface area contributed by atoms with Crippen molar-refractivity contribution in [1.29, 1.82) is 0 Å². The molecular formula is C16H17N3O2. The molecule has 5 nitrogen and oxygen atoms in total. The monoisotopic (exact) mass is 283 g/mol. The molecule has 21 heavy (non-hydrogen) atoms. The molecule has 2 heterocycles. The second-order valence-corrected chi connectivity index (χ2v) is 5.55. The summed E-state index contributed by atoms with van der Waals surface area (Å²) in [5.41, 5.74) is 2.93. The number of nitrogens with zero attached hydrogens (tertiary/aromatic N) is 2. The summed E-state index contributed by atoms with van der Waals surface area (Å²) in [6.07, 6.45) is 2.62. The van der Waals surface area contributed by atoms with Crippen LogP contribution in [0.1, 0.15) is 25.3 Å². The molecule has 2 amide bonds. The molecule has 3 rings (SSSR count). The van der Waals surface area contributed by atoms with Gasteiger partial charge in [-0.3, -0.25) is 19.6 Å². The Morgan fingerprint density at radius 2 is 1.81 bits per heavy atom. The van der Waals surface area contributed by atoms with Crippen molar-refractivity contribution >= 4 is 11.8 Å². The standard InChI is InChI=1S/C16H17N3O2/c1-11-8-15(20)19(16(21)9-11)10-12-2-4-13(5-3-12)14-6-7-17-18-14/h2-7,11H,8-10H2,1H3,(H,17,18). The molecule has 108 valence electrons. The fourth-order valence-corrected chi connectivity index (χ4v) is 2.59. The van der Waals surface area contributed by atoms with E-state index in [2.05, 4.69) is 10.2 Å². The largest absolute Gasteiger partial charge is 0.278 e. The quantitative estimate of drug-likeness (QED) is 0.879. The molecule has 5 heteroatoms. The van der Waals surface area contributed by atoms with Crippen LogP contribution in [-0.2, 0) is 16.1 Å². The molecule has 1 aromatic heterocycles. The number of H-pyrrole nitrogens is 1. The van der Waals surface area contributed by atoms with Crippen LogP contribution in [0.2, 0.25) is 0 Å². The number of aromatic amines is 1. The van der Waals surface area contributed by atoms with Crippen molar-refractivity contribution in [2.24, 2.45) is 5.92 Å². The molecule has 0 saturated carbocycles. The van der Waals surface area contributed by atoms with E-state index in [1.807, 2.05) is 37.3 Å². The zero-order valence-electron chi connectivity index (χ0n) is 11.9. The molecular weight excluding hydrogens is 266 g/mol. The molecule has 2 aromatic rings. The predicted octanol–water partition coefficient (Wildman–Crippen LogP) is 2.36. The lowest BCUT2D eigenvalue weighted by Gasteiger charge is -2.28. The lowest BCUT2D eigenvalue weighted by atomic mass is 9.97. The van der Waals surface area contributed by atoms with Gasteiger partial charge in [-0.25, -0.2) is 0 Å². The van der Waals surface area contributed by atoms with Crippen molar-refractivity contribution in [3.63, 3.8) is 0 Å². The third kappa shape index (κ3) is 2.86. The normalized spacial score (nSPS) is 16.5. The zero-order valence-corrected chi connectivity index (χ0v) is 11.9. The molecule has 1 saturated heterocycles. The molecule has 0 aliphatic carbocycles. The highest BCUT2D eigenvalue weighted by atomic mass is 16.2. The number of imide groups is 1. The topological polar surface area (TPSA) is 66.1 Å². The second-order valence-electron chi connectivity index (χ2n) is 5.55. The molecule has 0 atom stereocenters. The minimum absolute atomic E-state index is 0.0728. The third-order valence-corrected chi connectivity index (χ3v) is 3.75. The Morgan fingerprint density at radius 1 is 1.14 bits per heavy atom. The molecule has 1 N–H and O–H groups in total. The Hall–Kier alpha value is -2.43. The summed E-state index contributed by atoms with van der Waals surface area (Å²) in [5, 5.41) is 6.82. The first-order valence-electron chi connectivity index (χ1n) is 7.05. The van der Waals surface area contributed by atoms with Crippen LogP contribution in [0.3, 0.4) is 0 Å². The van der Waals surface area contributed by atoms with E-state index in [1.54, 1.807) is 6.20 Å². The SMILES string of the molecule is CC1CC(=O)N(Cc2ccc(-c3ccn[nH]3)cc2)C(=O)C1. The number of piperidine rings is 1. The summed E-state index contributed by atoms with van der Waals surface area (Å²) in [4.78, 5) is 25.3. The van der Waals surface area contributed by atoms with Crippen LogP contribution in [0.4, 0.5) is 0 Å². The van der Waals surface area contributed by atoms with Gasteiger partial charge < -0.3 is 0 Å². The molecule has 1 aliphatic heterocycles. The third-order valence-electron chi connectivity index (χ3n) is 3.75. The average Bonchev–Trinajstić information content (AvgIpc) is 2.97. The van der Waals surface area contributed by atoms with Crippen molar-refractivity contribution < 1.29 is 9.59 Å². The van der Waals surface area contributed by atoms with E-state index in [0.717, 1.165) is 16.8 Å². The molecule has 1 fully saturated rings. The van der Waals surface area contributed by atoms with Crippen LogP contribution >= 0.6 is 0 Å². The first-order valence-corrected chi connectivity index (χ1v) is 7.05. The minimum atomic E-state index is -0.0728. The first kappa shape index (κ1) is 13.5. The van der Waals surface area contributed by atoms with E-state index >= 15 is 0 Å². The Morgan fingerprint density at radius 3 is 2.38 bits per heavy atom. The summed E-state index contributed by atoms with van der Waals surface area (Å²) >= 11 is 0. The summed E-state index contributed by atoms with van der Waals surface area (Å²) in [6.45, 7) is 2.29. The number of hydrogen-bond donors (Lipinski definition) is 1. The van der Waals surface area contributed by atoms with Gasteiger partial charge in [-0.05, 0) is 23.1 Å². The van der Waals surface area contributed by atoms with Crippen molar-refractivity contribution in [2.45, 2.75) is 26.3 Å². The van der Waals surface area contributed by atoms with Crippen LogP contribution in [0.5, 0.6) is 0 Å². The van der Waals surface area contributed by atoms with E-state index in [4.69, 9.17) is 0 Å². The highest BCUT2D eigenvalue weighted by molar-refractivity contribution is 5.97. The highest BCUT2D eigenvalue weighted by Crippen LogP contribution is 2.22. The highest BCUT2D eigenvalue weighted by Gasteiger charge is 2.30. The van der Waals surface area contributed by atoms with Gasteiger partial charge in [0, 0.05) is 19.0 Å². The Kier molecular flexibility index (Phi) is 3.56.